The molecule has 1 atom stereocenters. The number of hydrogen-bond acceptors (Lipinski definition) is 4. The molecular weight excluding hydrogens is 292 g/mol. The van der Waals surface area contributed by atoms with Crippen molar-refractivity contribution in [2.45, 2.75) is 51.1 Å². The molecule has 1 saturated heterocycles. The second kappa shape index (κ2) is 6.50. The van der Waals surface area contributed by atoms with Crippen LogP contribution in [-0.4, -0.2) is 32.5 Å². The van der Waals surface area contributed by atoms with Crippen molar-refractivity contribution in [2.24, 2.45) is 5.92 Å². The monoisotopic (exact) mass is 316 g/mol. The maximum absolute atomic E-state index is 4.71. The van der Waals surface area contributed by atoms with Crippen molar-refractivity contribution in [2.75, 3.05) is 13.1 Å². The number of hydrogen-bond donors (Lipinski definition) is 0. The lowest BCUT2D eigenvalue weighted by Gasteiger charge is -2.33. The molecule has 1 aliphatic heterocycles. The molecule has 2 aliphatic rings. The van der Waals surface area contributed by atoms with Crippen molar-refractivity contribution in [1.29, 1.82) is 0 Å². The maximum atomic E-state index is 4.71. The van der Waals surface area contributed by atoms with Gasteiger partial charge in [-0.3, -0.25) is 4.90 Å². The molecule has 22 heavy (non-hydrogen) atoms. The van der Waals surface area contributed by atoms with E-state index in [0.717, 1.165) is 19.0 Å². The van der Waals surface area contributed by atoms with Crippen LogP contribution in [0.4, 0.5) is 0 Å². The van der Waals surface area contributed by atoms with E-state index in [9.17, 15) is 0 Å². The fourth-order valence-corrected chi connectivity index (χ4v) is 4.29. The SMILES string of the molecule is c1cn(CC2CCC2)c([C@@H]2CCCN(Cc3cscn3)C2)n1. The van der Waals surface area contributed by atoms with Crippen LogP contribution >= 0.6 is 11.3 Å². The van der Waals surface area contributed by atoms with Gasteiger partial charge in [0, 0.05) is 43.3 Å². The summed E-state index contributed by atoms with van der Waals surface area (Å²) in [7, 11) is 0. The van der Waals surface area contributed by atoms with Crippen molar-refractivity contribution in [3.63, 3.8) is 0 Å². The predicted molar refractivity (Wildman–Crippen MR) is 88.9 cm³/mol. The van der Waals surface area contributed by atoms with E-state index in [4.69, 9.17) is 4.98 Å². The average molecular weight is 316 g/mol. The second-order valence-electron chi connectivity index (χ2n) is 6.79. The van der Waals surface area contributed by atoms with Crippen molar-refractivity contribution in [1.82, 2.24) is 19.4 Å². The van der Waals surface area contributed by atoms with Crippen molar-refractivity contribution >= 4 is 11.3 Å². The van der Waals surface area contributed by atoms with Gasteiger partial charge in [0.1, 0.15) is 5.82 Å². The van der Waals surface area contributed by atoms with Gasteiger partial charge in [0.15, 0.2) is 0 Å². The maximum Gasteiger partial charge on any atom is 0.113 e. The smallest absolute Gasteiger partial charge is 0.113 e. The first kappa shape index (κ1) is 14.4. The van der Waals surface area contributed by atoms with Crippen LogP contribution in [0.3, 0.4) is 0 Å². The molecule has 4 rings (SSSR count). The summed E-state index contributed by atoms with van der Waals surface area (Å²) < 4.78 is 2.43. The Morgan fingerprint density at radius 3 is 2.91 bits per heavy atom. The normalized spacial score (nSPS) is 23.5. The molecule has 2 fully saturated rings. The van der Waals surface area contributed by atoms with Gasteiger partial charge in [0.05, 0.1) is 11.2 Å². The summed E-state index contributed by atoms with van der Waals surface area (Å²) in [5, 5.41) is 2.17. The Morgan fingerprint density at radius 1 is 1.18 bits per heavy atom. The molecule has 0 N–H and O–H groups in total. The first-order valence-electron chi connectivity index (χ1n) is 8.49. The summed E-state index contributed by atoms with van der Waals surface area (Å²) >= 11 is 1.69. The molecule has 2 aromatic rings. The van der Waals surface area contributed by atoms with Crippen LogP contribution in [0, 0.1) is 5.92 Å². The van der Waals surface area contributed by atoms with Crippen LogP contribution in [0.15, 0.2) is 23.3 Å². The third-order valence-electron chi connectivity index (χ3n) is 5.17. The molecule has 0 radical (unpaired) electrons. The molecule has 0 bridgehead atoms. The molecule has 0 aromatic carbocycles. The van der Waals surface area contributed by atoms with E-state index in [-0.39, 0.29) is 0 Å². The van der Waals surface area contributed by atoms with Crippen molar-refractivity contribution in [3.05, 3.63) is 34.8 Å². The Labute approximate surface area is 136 Å². The molecule has 0 unspecified atom stereocenters. The Kier molecular flexibility index (Phi) is 4.26. The van der Waals surface area contributed by atoms with E-state index in [1.165, 1.54) is 56.7 Å². The number of nitrogens with zero attached hydrogens (tertiary/aromatic N) is 4. The third-order valence-corrected chi connectivity index (χ3v) is 5.80. The van der Waals surface area contributed by atoms with Crippen LogP contribution in [0.2, 0.25) is 0 Å². The molecule has 3 heterocycles. The van der Waals surface area contributed by atoms with E-state index in [1.54, 1.807) is 11.3 Å². The highest BCUT2D eigenvalue weighted by molar-refractivity contribution is 7.07. The van der Waals surface area contributed by atoms with Gasteiger partial charge in [-0.2, -0.15) is 0 Å². The van der Waals surface area contributed by atoms with E-state index in [1.807, 2.05) is 11.7 Å². The van der Waals surface area contributed by atoms with E-state index < -0.39 is 0 Å². The van der Waals surface area contributed by atoms with E-state index >= 15 is 0 Å². The van der Waals surface area contributed by atoms with Gasteiger partial charge in [0.2, 0.25) is 0 Å². The predicted octanol–water partition coefficient (Wildman–Crippen LogP) is 3.52. The fourth-order valence-electron chi connectivity index (χ4n) is 3.74. The second-order valence-corrected chi connectivity index (χ2v) is 7.51. The highest BCUT2D eigenvalue weighted by Gasteiger charge is 2.26. The van der Waals surface area contributed by atoms with Crippen LogP contribution in [-0.2, 0) is 13.1 Å². The first-order chi connectivity index (χ1) is 10.9. The summed E-state index contributed by atoms with van der Waals surface area (Å²) in [5.74, 6) is 2.79. The first-order valence-corrected chi connectivity index (χ1v) is 9.43. The zero-order valence-electron chi connectivity index (χ0n) is 13.0. The molecule has 1 aliphatic carbocycles. The highest BCUT2D eigenvalue weighted by atomic mass is 32.1. The Balaban J connectivity index is 1.42. The molecular formula is C17H24N4S. The lowest BCUT2D eigenvalue weighted by atomic mass is 9.85. The van der Waals surface area contributed by atoms with Gasteiger partial charge < -0.3 is 4.57 Å². The van der Waals surface area contributed by atoms with Crippen LogP contribution in [0.1, 0.15) is 49.5 Å². The molecule has 1 saturated carbocycles. The van der Waals surface area contributed by atoms with E-state index in [0.29, 0.717) is 5.92 Å². The van der Waals surface area contributed by atoms with Gasteiger partial charge in [0.25, 0.3) is 0 Å². The quantitative estimate of drug-likeness (QED) is 0.846. The average Bonchev–Trinajstić information content (AvgIpc) is 3.14. The number of imidazole rings is 1. The van der Waals surface area contributed by atoms with Gasteiger partial charge in [-0.05, 0) is 38.1 Å². The minimum Gasteiger partial charge on any atom is -0.334 e. The third kappa shape index (κ3) is 3.10. The molecule has 0 spiro atoms. The minimum atomic E-state index is 0.586. The number of piperidine rings is 1. The number of rotatable bonds is 5. The summed E-state index contributed by atoms with van der Waals surface area (Å²) in [6, 6.07) is 0. The number of thiazole rings is 1. The Morgan fingerprint density at radius 2 is 2.14 bits per heavy atom. The summed E-state index contributed by atoms with van der Waals surface area (Å²) in [6.45, 7) is 4.48. The van der Waals surface area contributed by atoms with Crippen molar-refractivity contribution < 1.29 is 0 Å². The van der Waals surface area contributed by atoms with Gasteiger partial charge in [-0.1, -0.05) is 6.42 Å². The number of likely N-dealkylation sites (tertiary alicyclic amines) is 1. The van der Waals surface area contributed by atoms with Crippen LogP contribution < -0.4 is 0 Å². The topological polar surface area (TPSA) is 34.0 Å². The Bertz CT molecular complexity index is 588. The summed E-state index contributed by atoms with van der Waals surface area (Å²) in [6.07, 6.45) is 10.9. The van der Waals surface area contributed by atoms with Crippen molar-refractivity contribution in [3.8, 4) is 0 Å². The minimum absolute atomic E-state index is 0.586. The van der Waals surface area contributed by atoms with Gasteiger partial charge in [-0.25, -0.2) is 9.97 Å². The summed E-state index contributed by atoms with van der Waals surface area (Å²) in [5.41, 5.74) is 3.14. The molecule has 0 amide bonds. The molecule has 118 valence electrons. The standard InChI is InChI=1S/C17H24N4S/c1-3-14(4-1)9-21-8-6-18-17(21)15-5-2-7-20(10-15)11-16-12-22-13-19-16/h6,8,12-15H,1-5,7,9-11H2/t15-/m1/s1. The number of aromatic nitrogens is 3. The zero-order chi connectivity index (χ0) is 14.8. The lowest BCUT2D eigenvalue weighted by Crippen LogP contribution is -2.35. The van der Waals surface area contributed by atoms with Gasteiger partial charge >= 0.3 is 0 Å². The largest absolute Gasteiger partial charge is 0.334 e. The van der Waals surface area contributed by atoms with Crippen LogP contribution in [0.25, 0.3) is 0 Å². The molecule has 2 aromatic heterocycles. The van der Waals surface area contributed by atoms with Gasteiger partial charge in [-0.15, -0.1) is 11.3 Å². The zero-order valence-corrected chi connectivity index (χ0v) is 13.8. The molecule has 4 nitrogen and oxygen atoms in total. The fraction of sp³-hybridized carbons (Fsp3) is 0.647. The summed E-state index contributed by atoms with van der Waals surface area (Å²) in [4.78, 5) is 11.7. The van der Waals surface area contributed by atoms with E-state index in [2.05, 4.69) is 26.0 Å². The van der Waals surface area contributed by atoms with Crippen LogP contribution in [0.5, 0.6) is 0 Å². The Hall–Kier alpha value is -1.20. The highest BCUT2D eigenvalue weighted by Crippen LogP contribution is 2.31. The molecule has 5 heteroatoms. The lowest BCUT2D eigenvalue weighted by molar-refractivity contribution is 0.190.